The van der Waals surface area contributed by atoms with Crippen LogP contribution in [0.2, 0.25) is 0 Å². The van der Waals surface area contributed by atoms with Gasteiger partial charge >= 0.3 is 0 Å². The van der Waals surface area contributed by atoms with E-state index < -0.39 is 0 Å². The number of nitrogens with two attached hydrogens (primary N) is 1. The minimum atomic E-state index is 0.487. The van der Waals surface area contributed by atoms with Gasteiger partial charge in [0, 0.05) is 22.6 Å². The fourth-order valence-electron chi connectivity index (χ4n) is 2.40. The van der Waals surface area contributed by atoms with Crippen molar-refractivity contribution in [2.45, 2.75) is 33.2 Å². The summed E-state index contributed by atoms with van der Waals surface area (Å²) in [7, 11) is 0. The van der Waals surface area contributed by atoms with Crippen LogP contribution in [0.15, 0.2) is 24.3 Å². The molecule has 2 heteroatoms. The Morgan fingerprint density at radius 1 is 1.31 bits per heavy atom. The maximum Gasteiger partial charge on any atom is 0.0487 e. The van der Waals surface area contributed by atoms with Gasteiger partial charge in [-0.1, -0.05) is 12.1 Å². The van der Waals surface area contributed by atoms with E-state index in [1.165, 1.54) is 22.2 Å². The summed E-state index contributed by atoms with van der Waals surface area (Å²) >= 11 is 0. The highest BCUT2D eigenvalue weighted by molar-refractivity contribution is 5.84. The summed E-state index contributed by atoms with van der Waals surface area (Å²) in [5.74, 6) is 0. The van der Waals surface area contributed by atoms with Gasteiger partial charge in [-0.05, 0) is 51.4 Å². The Bertz CT molecular complexity index is 495. The zero-order chi connectivity index (χ0) is 11.7. The highest BCUT2D eigenvalue weighted by Gasteiger charge is 2.11. The van der Waals surface area contributed by atoms with Crippen LogP contribution in [0.25, 0.3) is 10.9 Å². The summed E-state index contributed by atoms with van der Waals surface area (Å²) in [6.45, 7) is 7.32. The fraction of sp³-hybridized carbons (Fsp3) is 0.429. The van der Waals surface area contributed by atoms with Crippen molar-refractivity contribution in [3.63, 3.8) is 0 Å². The van der Waals surface area contributed by atoms with Gasteiger partial charge in [0.15, 0.2) is 0 Å². The summed E-state index contributed by atoms with van der Waals surface area (Å²) in [4.78, 5) is 0. The first kappa shape index (κ1) is 11.2. The molecule has 86 valence electrons. The van der Waals surface area contributed by atoms with E-state index in [4.69, 9.17) is 5.73 Å². The molecule has 2 nitrogen and oxygen atoms in total. The molecular weight excluding hydrogens is 196 g/mol. The molecule has 0 atom stereocenters. The minimum Gasteiger partial charge on any atom is -0.342 e. The van der Waals surface area contributed by atoms with E-state index in [-0.39, 0.29) is 0 Å². The maximum absolute atomic E-state index is 5.68. The van der Waals surface area contributed by atoms with Crippen LogP contribution < -0.4 is 5.73 Å². The van der Waals surface area contributed by atoms with Crippen molar-refractivity contribution in [1.82, 2.24) is 4.57 Å². The molecule has 0 bridgehead atoms. The van der Waals surface area contributed by atoms with Crippen molar-refractivity contribution < 1.29 is 0 Å². The summed E-state index contributed by atoms with van der Waals surface area (Å²) in [6.07, 6.45) is 0.951. The predicted molar refractivity (Wildman–Crippen MR) is 69.8 cm³/mol. The van der Waals surface area contributed by atoms with Gasteiger partial charge in [0.25, 0.3) is 0 Å². The molecule has 0 spiro atoms. The van der Waals surface area contributed by atoms with Crippen LogP contribution in [0.4, 0.5) is 0 Å². The van der Waals surface area contributed by atoms with E-state index in [1.54, 1.807) is 0 Å². The van der Waals surface area contributed by atoms with Gasteiger partial charge in [-0.15, -0.1) is 0 Å². The van der Waals surface area contributed by atoms with Crippen molar-refractivity contribution >= 4 is 10.9 Å². The Balaban J connectivity index is 2.70. The number of hydrogen-bond donors (Lipinski definition) is 1. The average Bonchev–Trinajstić information content (AvgIpc) is 2.58. The van der Waals surface area contributed by atoms with Crippen LogP contribution >= 0.6 is 0 Å². The van der Waals surface area contributed by atoms with Gasteiger partial charge in [0.05, 0.1) is 0 Å². The molecule has 0 fully saturated rings. The van der Waals surface area contributed by atoms with Gasteiger partial charge < -0.3 is 10.3 Å². The number of rotatable bonds is 3. The average molecular weight is 216 g/mol. The van der Waals surface area contributed by atoms with Crippen LogP contribution in [-0.2, 0) is 6.42 Å². The van der Waals surface area contributed by atoms with Crippen LogP contribution in [-0.4, -0.2) is 11.1 Å². The first-order valence-electron chi connectivity index (χ1n) is 5.94. The van der Waals surface area contributed by atoms with Gasteiger partial charge in [-0.2, -0.15) is 0 Å². The molecule has 0 saturated carbocycles. The van der Waals surface area contributed by atoms with Crippen LogP contribution in [0, 0.1) is 6.92 Å². The summed E-state index contributed by atoms with van der Waals surface area (Å²) < 4.78 is 2.40. The SMILES string of the molecule is Cc1cccc2c1cc(CCN)n2C(C)C. The highest BCUT2D eigenvalue weighted by atomic mass is 15.0. The Hall–Kier alpha value is -1.28. The second-order valence-corrected chi connectivity index (χ2v) is 4.65. The van der Waals surface area contributed by atoms with Gasteiger partial charge in [0.1, 0.15) is 0 Å². The Morgan fingerprint density at radius 3 is 2.69 bits per heavy atom. The van der Waals surface area contributed by atoms with Crippen molar-refractivity contribution in [1.29, 1.82) is 0 Å². The van der Waals surface area contributed by atoms with Crippen LogP contribution in [0.5, 0.6) is 0 Å². The Labute approximate surface area is 97.1 Å². The molecule has 0 aliphatic rings. The van der Waals surface area contributed by atoms with Gasteiger partial charge in [-0.3, -0.25) is 0 Å². The van der Waals surface area contributed by atoms with Gasteiger partial charge in [0.2, 0.25) is 0 Å². The van der Waals surface area contributed by atoms with Crippen molar-refractivity contribution in [2.24, 2.45) is 5.73 Å². The molecule has 0 saturated heterocycles. The summed E-state index contributed by atoms with van der Waals surface area (Å²) in [5.41, 5.74) is 9.70. The zero-order valence-electron chi connectivity index (χ0n) is 10.3. The van der Waals surface area contributed by atoms with E-state index >= 15 is 0 Å². The lowest BCUT2D eigenvalue weighted by Crippen LogP contribution is -2.10. The Morgan fingerprint density at radius 2 is 2.06 bits per heavy atom. The lowest BCUT2D eigenvalue weighted by molar-refractivity contribution is 0.594. The number of nitrogens with zero attached hydrogens (tertiary/aromatic N) is 1. The lowest BCUT2D eigenvalue weighted by atomic mass is 10.1. The molecule has 2 N–H and O–H groups in total. The van der Waals surface area contributed by atoms with E-state index in [1.807, 2.05) is 0 Å². The Kier molecular flexibility index (Phi) is 3.01. The second kappa shape index (κ2) is 4.30. The maximum atomic E-state index is 5.68. The van der Waals surface area contributed by atoms with Crippen molar-refractivity contribution in [2.75, 3.05) is 6.54 Å². The topological polar surface area (TPSA) is 30.9 Å². The van der Waals surface area contributed by atoms with E-state index in [0.29, 0.717) is 12.6 Å². The summed E-state index contributed by atoms with van der Waals surface area (Å²) in [5, 5.41) is 1.36. The molecule has 1 aromatic carbocycles. The third-order valence-corrected chi connectivity index (χ3v) is 3.10. The highest BCUT2D eigenvalue weighted by Crippen LogP contribution is 2.26. The molecular formula is C14H20N2. The molecule has 1 heterocycles. The molecule has 0 aliphatic heterocycles. The lowest BCUT2D eigenvalue weighted by Gasteiger charge is -2.14. The molecule has 0 aliphatic carbocycles. The quantitative estimate of drug-likeness (QED) is 0.840. The van der Waals surface area contributed by atoms with Crippen molar-refractivity contribution in [3.05, 3.63) is 35.5 Å². The molecule has 16 heavy (non-hydrogen) atoms. The number of aryl methyl sites for hydroxylation is 1. The first-order valence-corrected chi connectivity index (χ1v) is 5.94. The number of aromatic nitrogens is 1. The van der Waals surface area contributed by atoms with E-state index in [9.17, 15) is 0 Å². The largest absolute Gasteiger partial charge is 0.342 e. The number of hydrogen-bond acceptors (Lipinski definition) is 1. The fourth-order valence-corrected chi connectivity index (χ4v) is 2.40. The molecule has 0 radical (unpaired) electrons. The minimum absolute atomic E-state index is 0.487. The summed E-state index contributed by atoms with van der Waals surface area (Å²) in [6, 6.07) is 9.27. The normalized spacial score (nSPS) is 11.6. The number of benzene rings is 1. The first-order chi connectivity index (χ1) is 7.65. The van der Waals surface area contributed by atoms with Crippen LogP contribution in [0.3, 0.4) is 0 Å². The molecule has 0 unspecified atom stereocenters. The molecule has 0 amide bonds. The standard InChI is InChI=1S/C14H20N2/c1-10(2)16-12(7-8-15)9-13-11(3)5-4-6-14(13)16/h4-6,9-10H,7-8,15H2,1-3H3. The van der Waals surface area contributed by atoms with Crippen molar-refractivity contribution in [3.8, 4) is 0 Å². The predicted octanol–water partition coefficient (Wildman–Crippen LogP) is 3.03. The molecule has 1 aromatic heterocycles. The zero-order valence-corrected chi connectivity index (χ0v) is 10.3. The van der Waals surface area contributed by atoms with E-state index in [0.717, 1.165) is 6.42 Å². The van der Waals surface area contributed by atoms with Crippen LogP contribution in [0.1, 0.15) is 31.1 Å². The third-order valence-electron chi connectivity index (χ3n) is 3.10. The molecule has 2 aromatic rings. The smallest absolute Gasteiger partial charge is 0.0487 e. The molecule has 2 rings (SSSR count). The van der Waals surface area contributed by atoms with E-state index in [2.05, 4.69) is 49.6 Å². The third kappa shape index (κ3) is 1.74. The number of fused-ring (bicyclic) bond motifs is 1. The van der Waals surface area contributed by atoms with Gasteiger partial charge in [-0.25, -0.2) is 0 Å². The monoisotopic (exact) mass is 216 g/mol. The second-order valence-electron chi connectivity index (χ2n) is 4.65.